The standard InChI is InChI=1S/C20H34N6O3/c1-4-29-17(28)20(22,16(21)27)19(2,3)8-5-6-11-25-12-14-26(15-13-25)18-23-9-7-10-24-18/h7,9-10H,4-6,8,11-15,22H2,1-3H3,(H2,21,27). The molecule has 1 fully saturated rings. The lowest BCUT2D eigenvalue weighted by molar-refractivity contribution is -0.159. The van der Waals surface area contributed by atoms with Crippen molar-refractivity contribution in [2.75, 3.05) is 44.2 Å². The van der Waals surface area contributed by atoms with E-state index in [1.165, 1.54) is 0 Å². The molecule has 0 bridgehead atoms. The molecule has 0 aliphatic carbocycles. The number of primary amides is 1. The Morgan fingerprint density at radius 1 is 1.14 bits per heavy atom. The number of carbonyl (C=O) groups excluding carboxylic acids is 2. The Morgan fingerprint density at radius 2 is 1.76 bits per heavy atom. The molecule has 0 saturated carbocycles. The Hall–Kier alpha value is -2.26. The zero-order valence-corrected chi connectivity index (χ0v) is 17.8. The van der Waals surface area contributed by atoms with Crippen LogP contribution < -0.4 is 16.4 Å². The number of unbranched alkanes of at least 4 members (excludes halogenated alkanes) is 1. The van der Waals surface area contributed by atoms with E-state index in [-0.39, 0.29) is 6.61 Å². The number of nitrogens with zero attached hydrogens (tertiary/aromatic N) is 4. The van der Waals surface area contributed by atoms with Crippen molar-refractivity contribution in [2.45, 2.75) is 45.6 Å². The van der Waals surface area contributed by atoms with E-state index >= 15 is 0 Å². The third kappa shape index (κ3) is 5.42. The number of nitrogens with two attached hydrogens (primary N) is 2. The number of hydrogen-bond acceptors (Lipinski definition) is 8. The molecule has 9 heteroatoms. The normalized spacial score (nSPS) is 17.6. The first kappa shape index (κ1) is 23.0. The summed E-state index contributed by atoms with van der Waals surface area (Å²) in [4.78, 5) is 37.5. The van der Waals surface area contributed by atoms with Crippen LogP contribution in [0.1, 0.15) is 40.0 Å². The van der Waals surface area contributed by atoms with Crippen molar-refractivity contribution in [3.8, 4) is 0 Å². The molecule has 9 nitrogen and oxygen atoms in total. The fourth-order valence-corrected chi connectivity index (χ4v) is 3.68. The lowest BCUT2D eigenvalue weighted by Gasteiger charge is -2.39. The molecule has 0 aromatic carbocycles. The van der Waals surface area contributed by atoms with Gasteiger partial charge in [0.1, 0.15) is 0 Å². The van der Waals surface area contributed by atoms with Gasteiger partial charge < -0.3 is 21.1 Å². The monoisotopic (exact) mass is 406 g/mol. The van der Waals surface area contributed by atoms with Gasteiger partial charge in [-0.3, -0.25) is 9.69 Å². The first-order chi connectivity index (χ1) is 13.7. The van der Waals surface area contributed by atoms with Gasteiger partial charge in [-0.25, -0.2) is 14.8 Å². The summed E-state index contributed by atoms with van der Waals surface area (Å²) >= 11 is 0. The molecule has 0 radical (unpaired) electrons. The van der Waals surface area contributed by atoms with Crippen LogP contribution in [0.25, 0.3) is 0 Å². The molecule has 1 saturated heterocycles. The predicted octanol–water partition coefficient (Wildman–Crippen LogP) is 0.541. The highest BCUT2D eigenvalue weighted by molar-refractivity contribution is 6.07. The van der Waals surface area contributed by atoms with Crippen molar-refractivity contribution >= 4 is 17.8 Å². The zero-order chi connectivity index (χ0) is 21.5. The molecule has 2 heterocycles. The molecule has 1 aromatic rings. The summed E-state index contributed by atoms with van der Waals surface area (Å²) in [6.45, 7) is 10.1. The second-order valence-electron chi connectivity index (χ2n) is 8.11. The van der Waals surface area contributed by atoms with Gasteiger partial charge in [0.15, 0.2) is 5.54 Å². The highest BCUT2D eigenvalue weighted by Gasteiger charge is 2.53. The summed E-state index contributed by atoms with van der Waals surface area (Å²) in [7, 11) is 0. The summed E-state index contributed by atoms with van der Waals surface area (Å²) in [5.74, 6) is -0.824. The number of anilines is 1. The van der Waals surface area contributed by atoms with Crippen LogP contribution in [0.15, 0.2) is 18.5 Å². The second-order valence-corrected chi connectivity index (χ2v) is 8.11. The van der Waals surface area contributed by atoms with Crippen LogP contribution in [0, 0.1) is 5.41 Å². The molecule has 4 N–H and O–H groups in total. The van der Waals surface area contributed by atoms with Gasteiger partial charge in [-0.2, -0.15) is 0 Å². The van der Waals surface area contributed by atoms with Crippen LogP contribution in [-0.2, 0) is 14.3 Å². The Bertz CT molecular complexity index is 676. The van der Waals surface area contributed by atoms with Crippen molar-refractivity contribution in [3.05, 3.63) is 18.5 Å². The predicted molar refractivity (Wildman–Crippen MR) is 111 cm³/mol. The van der Waals surface area contributed by atoms with Crippen LogP contribution in [0.4, 0.5) is 5.95 Å². The van der Waals surface area contributed by atoms with Crippen LogP contribution in [0.5, 0.6) is 0 Å². The van der Waals surface area contributed by atoms with Crippen molar-refractivity contribution in [1.82, 2.24) is 14.9 Å². The van der Waals surface area contributed by atoms with Crippen LogP contribution in [0.3, 0.4) is 0 Å². The van der Waals surface area contributed by atoms with Gasteiger partial charge in [0.25, 0.3) is 0 Å². The van der Waals surface area contributed by atoms with E-state index in [1.54, 1.807) is 33.2 Å². The van der Waals surface area contributed by atoms with Gasteiger partial charge in [-0.15, -0.1) is 0 Å². The number of aromatic nitrogens is 2. The number of carbonyl (C=O) groups is 2. The quantitative estimate of drug-likeness (QED) is 0.327. The molecule has 1 aliphatic heterocycles. The topological polar surface area (TPSA) is 128 Å². The maximum Gasteiger partial charge on any atom is 0.336 e. The summed E-state index contributed by atoms with van der Waals surface area (Å²) in [5.41, 5.74) is 9.02. The fourth-order valence-electron chi connectivity index (χ4n) is 3.68. The summed E-state index contributed by atoms with van der Waals surface area (Å²) in [6.07, 6.45) is 5.90. The summed E-state index contributed by atoms with van der Waals surface area (Å²) < 4.78 is 5.01. The number of ether oxygens (including phenoxy) is 1. The van der Waals surface area contributed by atoms with Gasteiger partial charge in [-0.1, -0.05) is 20.3 Å². The number of amides is 1. The van der Waals surface area contributed by atoms with E-state index in [1.807, 2.05) is 6.07 Å². The summed E-state index contributed by atoms with van der Waals surface area (Å²) in [5, 5.41) is 0. The van der Waals surface area contributed by atoms with E-state index in [2.05, 4.69) is 19.8 Å². The Labute approximate surface area is 172 Å². The van der Waals surface area contributed by atoms with Crippen molar-refractivity contribution < 1.29 is 14.3 Å². The zero-order valence-electron chi connectivity index (χ0n) is 17.8. The number of rotatable bonds is 10. The first-order valence-corrected chi connectivity index (χ1v) is 10.2. The fraction of sp³-hybridized carbons (Fsp3) is 0.700. The third-order valence-corrected chi connectivity index (χ3v) is 5.79. The van der Waals surface area contributed by atoms with E-state index in [4.69, 9.17) is 16.2 Å². The van der Waals surface area contributed by atoms with Crippen molar-refractivity contribution in [1.29, 1.82) is 0 Å². The minimum atomic E-state index is -1.83. The van der Waals surface area contributed by atoms with Crippen molar-refractivity contribution in [3.63, 3.8) is 0 Å². The first-order valence-electron chi connectivity index (χ1n) is 10.2. The van der Waals surface area contributed by atoms with Gasteiger partial charge >= 0.3 is 5.97 Å². The lowest BCUT2D eigenvalue weighted by Crippen LogP contribution is -2.67. The molecule has 0 spiro atoms. The molecule has 162 valence electrons. The average molecular weight is 407 g/mol. The lowest BCUT2D eigenvalue weighted by atomic mass is 9.69. The highest BCUT2D eigenvalue weighted by Crippen LogP contribution is 2.35. The van der Waals surface area contributed by atoms with Crippen LogP contribution in [-0.4, -0.2) is 71.6 Å². The van der Waals surface area contributed by atoms with E-state index in [0.29, 0.717) is 6.42 Å². The highest BCUT2D eigenvalue weighted by atomic mass is 16.5. The van der Waals surface area contributed by atoms with Crippen molar-refractivity contribution in [2.24, 2.45) is 16.9 Å². The van der Waals surface area contributed by atoms with E-state index < -0.39 is 22.8 Å². The minimum Gasteiger partial charge on any atom is -0.464 e. The number of hydrogen-bond donors (Lipinski definition) is 2. The molecule has 1 aromatic heterocycles. The summed E-state index contributed by atoms with van der Waals surface area (Å²) in [6, 6.07) is 1.82. The number of piperazine rings is 1. The Kier molecular flexibility index (Phi) is 7.92. The van der Waals surface area contributed by atoms with Crippen LogP contribution in [0.2, 0.25) is 0 Å². The molecule has 1 atom stereocenters. The average Bonchev–Trinajstić information content (AvgIpc) is 2.71. The van der Waals surface area contributed by atoms with E-state index in [0.717, 1.165) is 51.5 Å². The van der Waals surface area contributed by atoms with E-state index in [9.17, 15) is 9.59 Å². The Balaban J connectivity index is 1.79. The maximum atomic E-state index is 12.3. The molecular formula is C20H34N6O3. The van der Waals surface area contributed by atoms with Gasteiger partial charge in [0, 0.05) is 44.0 Å². The van der Waals surface area contributed by atoms with Gasteiger partial charge in [0.2, 0.25) is 11.9 Å². The SMILES string of the molecule is CCOC(=O)C(N)(C(N)=O)C(C)(C)CCCCN1CCN(c2ncccn2)CC1. The van der Waals surface area contributed by atoms with Gasteiger partial charge in [-0.05, 0) is 32.4 Å². The Morgan fingerprint density at radius 3 is 2.31 bits per heavy atom. The molecule has 1 unspecified atom stereocenters. The molecule has 29 heavy (non-hydrogen) atoms. The molecule has 1 aliphatic rings. The minimum absolute atomic E-state index is 0.154. The van der Waals surface area contributed by atoms with Crippen LogP contribution >= 0.6 is 0 Å². The molecular weight excluding hydrogens is 372 g/mol. The molecule has 2 rings (SSSR count). The second kappa shape index (κ2) is 9.98. The maximum absolute atomic E-state index is 12.3. The molecule has 1 amide bonds. The number of esters is 1. The van der Waals surface area contributed by atoms with Gasteiger partial charge in [0.05, 0.1) is 6.61 Å². The third-order valence-electron chi connectivity index (χ3n) is 5.79. The largest absolute Gasteiger partial charge is 0.464 e. The smallest absolute Gasteiger partial charge is 0.336 e.